The fourth-order valence-electron chi connectivity index (χ4n) is 2.19. The molecule has 6 nitrogen and oxygen atoms in total. The van der Waals surface area contributed by atoms with Crippen molar-refractivity contribution in [2.45, 2.75) is 6.92 Å². The molecule has 2 heterocycles. The molecular formula is C16H13Cl2N5O. The molecule has 122 valence electrons. The number of hydrogen-bond acceptors (Lipinski definition) is 4. The highest BCUT2D eigenvalue weighted by Crippen LogP contribution is 2.31. The summed E-state index contributed by atoms with van der Waals surface area (Å²) >= 11 is 11.8. The maximum atomic E-state index is 12.3. The van der Waals surface area contributed by atoms with Crippen molar-refractivity contribution >= 4 is 40.5 Å². The molecular weight excluding hydrogens is 349 g/mol. The molecule has 0 bridgehead atoms. The third-order valence-electron chi connectivity index (χ3n) is 3.46. The van der Waals surface area contributed by atoms with Gasteiger partial charge in [-0.2, -0.15) is 0 Å². The van der Waals surface area contributed by atoms with Crippen LogP contribution in [0.15, 0.2) is 42.9 Å². The fraction of sp³-hybridized carbons (Fsp3) is 0.0625. The quantitative estimate of drug-likeness (QED) is 0.696. The average molecular weight is 362 g/mol. The van der Waals surface area contributed by atoms with Crippen molar-refractivity contribution in [2.75, 3.05) is 11.1 Å². The summed E-state index contributed by atoms with van der Waals surface area (Å²) in [4.78, 5) is 20.8. The second-order valence-electron chi connectivity index (χ2n) is 5.03. The van der Waals surface area contributed by atoms with Crippen LogP contribution in [-0.2, 0) is 0 Å². The number of imidazole rings is 1. The maximum absolute atomic E-state index is 12.3. The van der Waals surface area contributed by atoms with Gasteiger partial charge in [-0.1, -0.05) is 23.2 Å². The van der Waals surface area contributed by atoms with Gasteiger partial charge in [0, 0.05) is 12.4 Å². The largest absolute Gasteiger partial charge is 0.397 e. The number of aryl methyl sites for hydroxylation is 1. The molecule has 2 aromatic heterocycles. The van der Waals surface area contributed by atoms with Crippen LogP contribution < -0.4 is 11.1 Å². The Bertz CT molecular complexity index is 905. The molecule has 0 radical (unpaired) electrons. The highest BCUT2D eigenvalue weighted by atomic mass is 35.5. The first-order chi connectivity index (χ1) is 11.5. The fourth-order valence-corrected chi connectivity index (χ4v) is 2.51. The van der Waals surface area contributed by atoms with Crippen LogP contribution in [-0.4, -0.2) is 20.4 Å². The molecule has 3 N–H and O–H groups in total. The number of nitrogens with one attached hydrogen (secondary N) is 1. The number of amides is 1. The summed E-state index contributed by atoms with van der Waals surface area (Å²) in [6, 6.07) is 6.57. The van der Waals surface area contributed by atoms with Gasteiger partial charge in [-0.3, -0.25) is 9.36 Å². The van der Waals surface area contributed by atoms with E-state index in [1.807, 2.05) is 17.7 Å². The number of benzene rings is 1. The zero-order valence-electron chi connectivity index (χ0n) is 12.6. The Morgan fingerprint density at radius 1 is 1.21 bits per heavy atom. The molecule has 0 fully saturated rings. The number of carbonyl (C=O) groups excluding carboxylic acids is 1. The van der Waals surface area contributed by atoms with Gasteiger partial charge in [0.15, 0.2) is 0 Å². The first-order valence-electron chi connectivity index (χ1n) is 6.98. The van der Waals surface area contributed by atoms with Crippen molar-refractivity contribution in [3.05, 3.63) is 64.3 Å². The summed E-state index contributed by atoms with van der Waals surface area (Å²) in [6.45, 7) is 1.88. The average Bonchev–Trinajstić information content (AvgIpc) is 2.99. The topological polar surface area (TPSA) is 85.8 Å². The van der Waals surface area contributed by atoms with Gasteiger partial charge in [-0.15, -0.1) is 0 Å². The van der Waals surface area contributed by atoms with Gasteiger partial charge in [-0.05, 0) is 31.2 Å². The van der Waals surface area contributed by atoms with Gasteiger partial charge in [0.2, 0.25) is 0 Å². The first kappa shape index (κ1) is 16.3. The second-order valence-corrected chi connectivity index (χ2v) is 5.81. The summed E-state index contributed by atoms with van der Waals surface area (Å²) in [6.07, 6.45) is 5.06. The van der Waals surface area contributed by atoms with Gasteiger partial charge in [-0.25, -0.2) is 9.97 Å². The van der Waals surface area contributed by atoms with E-state index >= 15 is 0 Å². The molecule has 0 aliphatic carbocycles. The molecule has 0 unspecified atom stereocenters. The third kappa shape index (κ3) is 3.06. The smallest absolute Gasteiger partial charge is 0.257 e. The first-order valence-corrected chi connectivity index (χ1v) is 7.74. The molecule has 3 rings (SSSR count). The van der Waals surface area contributed by atoms with Crippen LogP contribution in [0.2, 0.25) is 10.0 Å². The summed E-state index contributed by atoms with van der Waals surface area (Å²) in [5.74, 6) is 1.14. The molecule has 1 aromatic carbocycles. The van der Waals surface area contributed by atoms with Gasteiger partial charge >= 0.3 is 0 Å². The van der Waals surface area contributed by atoms with E-state index in [0.29, 0.717) is 16.5 Å². The Hall–Kier alpha value is -2.57. The summed E-state index contributed by atoms with van der Waals surface area (Å²) in [7, 11) is 0. The van der Waals surface area contributed by atoms with Crippen LogP contribution in [0.25, 0.3) is 5.82 Å². The minimum Gasteiger partial charge on any atom is -0.397 e. The number of hydrogen-bond donors (Lipinski definition) is 2. The number of nitrogen functional groups attached to an aromatic ring is 1. The van der Waals surface area contributed by atoms with Gasteiger partial charge in [0.05, 0.1) is 33.2 Å². The van der Waals surface area contributed by atoms with Crippen molar-refractivity contribution in [1.82, 2.24) is 14.5 Å². The van der Waals surface area contributed by atoms with E-state index in [1.165, 1.54) is 12.1 Å². The maximum Gasteiger partial charge on any atom is 0.257 e. The van der Waals surface area contributed by atoms with Crippen LogP contribution >= 0.6 is 23.2 Å². The van der Waals surface area contributed by atoms with E-state index in [2.05, 4.69) is 15.3 Å². The normalized spacial score (nSPS) is 10.6. The number of anilines is 2. The highest BCUT2D eigenvalue weighted by molar-refractivity contribution is 6.44. The molecule has 0 saturated carbocycles. The van der Waals surface area contributed by atoms with Gasteiger partial charge in [0.25, 0.3) is 5.91 Å². The molecule has 0 saturated heterocycles. The van der Waals surface area contributed by atoms with E-state index in [-0.39, 0.29) is 22.2 Å². The molecule has 1 amide bonds. The molecule has 3 aromatic rings. The van der Waals surface area contributed by atoms with E-state index < -0.39 is 0 Å². The second kappa shape index (κ2) is 6.51. The van der Waals surface area contributed by atoms with Crippen molar-refractivity contribution < 1.29 is 4.79 Å². The molecule has 0 aliphatic heterocycles. The van der Waals surface area contributed by atoms with Crippen LogP contribution in [0.3, 0.4) is 0 Å². The SMILES string of the molecule is Cc1nccn1-c1ccc(NC(=O)c2ccc(Cl)c(Cl)c2N)cn1. The van der Waals surface area contributed by atoms with Crippen molar-refractivity contribution in [3.63, 3.8) is 0 Å². The molecule has 24 heavy (non-hydrogen) atoms. The molecule has 0 atom stereocenters. The van der Waals surface area contributed by atoms with E-state index in [0.717, 1.165) is 5.82 Å². The van der Waals surface area contributed by atoms with Crippen molar-refractivity contribution in [2.24, 2.45) is 0 Å². The van der Waals surface area contributed by atoms with E-state index in [9.17, 15) is 4.79 Å². The lowest BCUT2D eigenvalue weighted by Gasteiger charge is -2.10. The highest BCUT2D eigenvalue weighted by Gasteiger charge is 2.14. The standard InChI is InChI=1S/C16H13Cl2N5O/c1-9-20-6-7-23(9)13-5-2-10(8-21-13)22-16(24)11-3-4-12(17)14(18)15(11)19/h2-8H,19H2,1H3,(H,22,24). The zero-order valence-corrected chi connectivity index (χ0v) is 14.1. The lowest BCUT2D eigenvalue weighted by molar-refractivity contribution is 0.102. The number of nitrogens with two attached hydrogens (primary N) is 1. The molecule has 0 aliphatic rings. The van der Waals surface area contributed by atoms with Crippen LogP contribution in [0.4, 0.5) is 11.4 Å². The number of halogens is 2. The Balaban J connectivity index is 1.80. The van der Waals surface area contributed by atoms with Crippen LogP contribution in [0.5, 0.6) is 0 Å². The third-order valence-corrected chi connectivity index (χ3v) is 4.27. The van der Waals surface area contributed by atoms with Crippen LogP contribution in [0, 0.1) is 6.92 Å². The lowest BCUT2D eigenvalue weighted by atomic mass is 10.1. The number of aromatic nitrogens is 3. The summed E-state index contributed by atoms with van der Waals surface area (Å²) < 4.78 is 1.84. The van der Waals surface area contributed by atoms with E-state index in [1.54, 1.807) is 24.5 Å². The van der Waals surface area contributed by atoms with E-state index in [4.69, 9.17) is 28.9 Å². The number of nitrogens with zero attached hydrogens (tertiary/aromatic N) is 3. The monoisotopic (exact) mass is 361 g/mol. The lowest BCUT2D eigenvalue weighted by Crippen LogP contribution is -2.14. The predicted octanol–water partition coefficient (Wildman–Crippen LogP) is 3.72. The number of pyridine rings is 1. The Kier molecular flexibility index (Phi) is 4.42. The van der Waals surface area contributed by atoms with Crippen molar-refractivity contribution in [3.8, 4) is 5.82 Å². The summed E-state index contributed by atoms with van der Waals surface area (Å²) in [5, 5.41) is 3.18. The van der Waals surface area contributed by atoms with Gasteiger partial charge in [0.1, 0.15) is 11.6 Å². The minimum atomic E-state index is -0.389. The minimum absolute atomic E-state index is 0.139. The van der Waals surface area contributed by atoms with Gasteiger partial charge < -0.3 is 11.1 Å². The zero-order chi connectivity index (χ0) is 17.3. The van der Waals surface area contributed by atoms with Crippen molar-refractivity contribution in [1.29, 1.82) is 0 Å². The molecule has 8 heteroatoms. The molecule has 0 spiro atoms. The Labute approximate surface area is 148 Å². The Morgan fingerprint density at radius 3 is 2.62 bits per heavy atom. The summed E-state index contributed by atoms with van der Waals surface area (Å²) in [5.41, 5.74) is 6.76. The van der Waals surface area contributed by atoms with Crippen LogP contribution in [0.1, 0.15) is 16.2 Å². The number of rotatable bonds is 3. The Morgan fingerprint density at radius 2 is 2.00 bits per heavy atom. The predicted molar refractivity (Wildman–Crippen MR) is 94.9 cm³/mol. The number of carbonyl (C=O) groups is 1.